The Labute approximate surface area is 77.1 Å². The Kier molecular flexibility index (Phi) is 3.37. The van der Waals surface area contributed by atoms with Crippen LogP contribution >= 0.6 is 0 Å². The molecule has 0 aliphatic heterocycles. The van der Waals surface area contributed by atoms with Crippen molar-refractivity contribution in [3.05, 3.63) is 11.6 Å². The first-order chi connectivity index (χ1) is 5.69. The zero-order valence-corrected chi connectivity index (χ0v) is 8.93. The van der Waals surface area contributed by atoms with Gasteiger partial charge in [0.2, 0.25) is 0 Å². The van der Waals surface area contributed by atoms with E-state index in [-0.39, 0.29) is 0 Å². The summed E-state index contributed by atoms with van der Waals surface area (Å²) in [7, 11) is 0. The zero-order valence-electron chi connectivity index (χ0n) is 8.93. The van der Waals surface area contributed by atoms with Crippen molar-refractivity contribution < 1.29 is 0 Å². The van der Waals surface area contributed by atoms with Crippen molar-refractivity contribution >= 4 is 0 Å². The minimum Gasteiger partial charge on any atom is -0.0822 e. The fraction of sp³-hybridized carbons (Fsp3) is 0.833. The standard InChI is InChI=1S/C12H22/c1-5-11-7-9(3)12(6-2)10(4)8-11/h7,9-10,12H,5-6,8H2,1-4H3. The van der Waals surface area contributed by atoms with Crippen LogP contribution in [0.5, 0.6) is 0 Å². The summed E-state index contributed by atoms with van der Waals surface area (Å²) in [5.74, 6) is 2.65. The molecule has 1 rings (SSSR count). The van der Waals surface area contributed by atoms with E-state index in [4.69, 9.17) is 0 Å². The van der Waals surface area contributed by atoms with Gasteiger partial charge in [0.25, 0.3) is 0 Å². The lowest BCUT2D eigenvalue weighted by Gasteiger charge is -2.32. The molecule has 3 atom stereocenters. The molecule has 0 radical (unpaired) electrons. The molecule has 0 amide bonds. The Hall–Kier alpha value is -0.260. The van der Waals surface area contributed by atoms with Crippen LogP contribution in [-0.2, 0) is 0 Å². The van der Waals surface area contributed by atoms with Crippen molar-refractivity contribution in [1.29, 1.82) is 0 Å². The van der Waals surface area contributed by atoms with E-state index in [2.05, 4.69) is 33.8 Å². The van der Waals surface area contributed by atoms with E-state index >= 15 is 0 Å². The Morgan fingerprint density at radius 1 is 1.33 bits per heavy atom. The van der Waals surface area contributed by atoms with Gasteiger partial charge in [-0.1, -0.05) is 45.8 Å². The number of hydrogen-bond acceptors (Lipinski definition) is 0. The number of hydrogen-bond donors (Lipinski definition) is 0. The molecule has 0 fully saturated rings. The van der Waals surface area contributed by atoms with Crippen LogP contribution in [0.4, 0.5) is 0 Å². The summed E-state index contributed by atoms with van der Waals surface area (Å²) in [6.45, 7) is 9.38. The second-order valence-electron chi connectivity index (χ2n) is 4.29. The molecular formula is C12H22. The van der Waals surface area contributed by atoms with Crippen molar-refractivity contribution in [2.75, 3.05) is 0 Å². The first-order valence-electron chi connectivity index (χ1n) is 5.38. The molecule has 0 aromatic heterocycles. The van der Waals surface area contributed by atoms with Crippen molar-refractivity contribution in [2.45, 2.75) is 47.0 Å². The fourth-order valence-corrected chi connectivity index (χ4v) is 2.68. The van der Waals surface area contributed by atoms with E-state index in [1.165, 1.54) is 19.3 Å². The molecule has 0 heteroatoms. The third kappa shape index (κ3) is 1.91. The van der Waals surface area contributed by atoms with Gasteiger partial charge in [0.05, 0.1) is 0 Å². The van der Waals surface area contributed by atoms with Crippen LogP contribution in [-0.4, -0.2) is 0 Å². The van der Waals surface area contributed by atoms with Crippen molar-refractivity contribution in [2.24, 2.45) is 17.8 Å². The lowest BCUT2D eigenvalue weighted by atomic mass is 9.73. The van der Waals surface area contributed by atoms with Gasteiger partial charge in [0.15, 0.2) is 0 Å². The summed E-state index contributed by atoms with van der Waals surface area (Å²) in [5, 5.41) is 0. The Balaban J connectivity index is 2.69. The molecule has 1 aliphatic carbocycles. The number of rotatable bonds is 2. The van der Waals surface area contributed by atoms with Gasteiger partial charge in [-0.2, -0.15) is 0 Å². The Morgan fingerprint density at radius 3 is 2.42 bits per heavy atom. The summed E-state index contributed by atoms with van der Waals surface area (Å²) in [5.41, 5.74) is 1.68. The lowest BCUT2D eigenvalue weighted by molar-refractivity contribution is 0.261. The normalized spacial score (nSPS) is 36.3. The first-order valence-corrected chi connectivity index (χ1v) is 5.38. The third-order valence-electron chi connectivity index (χ3n) is 3.41. The van der Waals surface area contributed by atoms with E-state index in [1.54, 1.807) is 5.57 Å². The van der Waals surface area contributed by atoms with Gasteiger partial charge in [0.1, 0.15) is 0 Å². The second-order valence-corrected chi connectivity index (χ2v) is 4.29. The second kappa shape index (κ2) is 4.11. The van der Waals surface area contributed by atoms with Gasteiger partial charge in [-0.25, -0.2) is 0 Å². The van der Waals surface area contributed by atoms with E-state index in [0.717, 1.165) is 17.8 Å². The summed E-state index contributed by atoms with van der Waals surface area (Å²) in [4.78, 5) is 0. The molecular weight excluding hydrogens is 144 g/mol. The predicted octanol–water partition coefficient (Wildman–Crippen LogP) is 4.02. The summed E-state index contributed by atoms with van der Waals surface area (Å²) < 4.78 is 0. The minimum atomic E-state index is 0.814. The summed E-state index contributed by atoms with van der Waals surface area (Å²) in [6.07, 6.45) is 6.45. The van der Waals surface area contributed by atoms with E-state index in [1.807, 2.05) is 0 Å². The minimum absolute atomic E-state index is 0.814. The highest BCUT2D eigenvalue weighted by atomic mass is 14.3. The van der Waals surface area contributed by atoms with E-state index in [0.29, 0.717) is 0 Å². The average Bonchev–Trinajstić information content (AvgIpc) is 2.03. The Bertz CT molecular complexity index is 167. The number of allylic oxidation sites excluding steroid dienone is 2. The van der Waals surface area contributed by atoms with Gasteiger partial charge in [0, 0.05) is 0 Å². The monoisotopic (exact) mass is 166 g/mol. The molecule has 0 aromatic rings. The van der Waals surface area contributed by atoms with E-state index in [9.17, 15) is 0 Å². The highest BCUT2D eigenvalue weighted by Crippen LogP contribution is 2.36. The van der Waals surface area contributed by atoms with Crippen LogP contribution in [0, 0.1) is 17.8 Å². The molecule has 3 unspecified atom stereocenters. The molecule has 0 heterocycles. The van der Waals surface area contributed by atoms with Gasteiger partial charge in [-0.3, -0.25) is 0 Å². The predicted molar refractivity (Wildman–Crippen MR) is 55.1 cm³/mol. The molecule has 0 bridgehead atoms. The molecule has 1 aliphatic rings. The molecule has 12 heavy (non-hydrogen) atoms. The highest BCUT2D eigenvalue weighted by Gasteiger charge is 2.25. The molecule has 70 valence electrons. The van der Waals surface area contributed by atoms with Crippen LogP contribution in [0.2, 0.25) is 0 Å². The van der Waals surface area contributed by atoms with Gasteiger partial charge in [-0.05, 0) is 30.6 Å². The summed E-state index contributed by atoms with van der Waals surface area (Å²) in [6, 6.07) is 0. The fourth-order valence-electron chi connectivity index (χ4n) is 2.68. The largest absolute Gasteiger partial charge is 0.0822 e. The first kappa shape index (κ1) is 9.83. The summed E-state index contributed by atoms with van der Waals surface area (Å²) >= 11 is 0. The van der Waals surface area contributed by atoms with Crippen molar-refractivity contribution in [1.82, 2.24) is 0 Å². The van der Waals surface area contributed by atoms with Gasteiger partial charge >= 0.3 is 0 Å². The molecule has 0 nitrogen and oxygen atoms in total. The Morgan fingerprint density at radius 2 is 2.00 bits per heavy atom. The molecule has 0 saturated carbocycles. The smallest absolute Gasteiger partial charge is 0.0228 e. The van der Waals surface area contributed by atoms with Crippen LogP contribution in [0.3, 0.4) is 0 Å². The van der Waals surface area contributed by atoms with Crippen molar-refractivity contribution in [3.63, 3.8) is 0 Å². The van der Waals surface area contributed by atoms with Crippen LogP contribution in [0.25, 0.3) is 0 Å². The van der Waals surface area contributed by atoms with Gasteiger partial charge in [-0.15, -0.1) is 0 Å². The molecule has 0 aromatic carbocycles. The average molecular weight is 166 g/mol. The maximum Gasteiger partial charge on any atom is -0.0228 e. The molecule has 0 N–H and O–H groups in total. The van der Waals surface area contributed by atoms with Gasteiger partial charge < -0.3 is 0 Å². The van der Waals surface area contributed by atoms with E-state index < -0.39 is 0 Å². The van der Waals surface area contributed by atoms with Crippen molar-refractivity contribution in [3.8, 4) is 0 Å². The quantitative estimate of drug-likeness (QED) is 0.543. The lowest BCUT2D eigenvalue weighted by Crippen LogP contribution is -2.22. The highest BCUT2D eigenvalue weighted by molar-refractivity contribution is 5.10. The molecule has 0 spiro atoms. The van der Waals surface area contributed by atoms with Crippen LogP contribution in [0.15, 0.2) is 11.6 Å². The van der Waals surface area contributed by atoms with Crippen LogP contribution in [0.1, 0.15) is 47.0 Å². The topological polar surface area (TPSA) is 0 Å². The zero-order chi connectivity index (χ0) is 9.14. The maximum atomic E-state index is 2.51. The third-order valence-corrected chi connectivity index (χ3v) is 3.41. The molecule has 0 saturated heterocycles. The SMILES string of the molecule is CCC1=CC(C)C(CC)C(C)C1. The van der Waals surface area contributed by atoms with Crippen LogP contribution < -0.4 is 0 Å². The maximum absolute atomic E-state index is 2.51.